The number of rotatable bonds is 6. The summed E-state index contributed by atoms with van der Waals surface area (Å²) in [5, 5.41) is 18.2. The van der Waals surface area contributed by atoms with Crippen LogP contribution in [0.5, 0.6) is 0 Å². The van der Waals surface area contributed by atoms with Crippen molar-refractivity contribution in [3.8, 4) is 12.1 Å². The Morgan fingerprint density at radius 1 is 1.00 bits per heavy atom. The van der Waals surface area contributed by atoms with Crippen LogP contribution in [-0.2, 0) is 17.1 Å². The molecule has 0 bridgehead atoms. The van der Waals surface area contributed by atoms with Crippen LogP contribution in [0.4, 0.5) is 8.78 Å². The van der Waals surface area contributed by atoms with E-state index in [1.807, 2.05) is 12.1 Å². The van der Waals surface area contributed by atoms with Gasteiger partial charge in [-0.3, -0.25) is 0 Å². The first-order chi connectivity index (χ1) is 14.5. The Labute approximate surface area is 175 Å². The van der Waals surface area contributed by atoms with Crippen molar-refractivity contribution in [2.45, 2.75) is 17.4 Å². The molecule has 1 aromatic heterocycles. The van der Waals surface area contributed by atoms with E-state index in [-0.39, 0.29) is 29.1 Å². The van der Waals surface area contributed by atoms with Gasteiger partial charge in [0.2, 0.25) is 0 Å². The minimum atomic E-state index is -0.724. The summed E-state index contributed by atoms with van der Waals surface area (Å²) < 4.78 is 33.0. The summed E-state index contributed by atoms with van der Waals surface area (Å²) in [5.74, 6) is -1.62. The first kappa shape index (κ1) is 21.0. The number of aromatic nitrogens is 1. The van der Waals surface area contributed by atoms with Crippen LogP contribution in [-0.4, -0.2) is 11.0 Å². The summed E-state index contributed by atoms with van der Waals surface area (Å²) in [6.45, 7) is -0.349. The maximum atomic E-state index is 14.0. The van der Waals surface area contributed by atoms with Gasteiger partial charge >= 0.3 is 5.97 Å². The zero-order chi connectivity index (χ0) is 21.5. The molecule has 0 aliphatic carbocycles. The number of nitriles is 2. The van der Waals surface area contributed by atoms with Gasteiger partial charge < -0.3 is 4.74 Å². The predicted octanol–water partition coefficient (Wildman–Crippen LogP) is 4.75. The van der Waals surface area contributed by atoms with Crippen LogP contribution >= 0.6 is 11.8 Å². The molecular weight excluding hydrogens is 408 g/mol. The van der Waals surface area contributed by atoms with Crippen LogP contribution in [0.15, 0.2) is 59.8 Å². The molecule has 0 fully saturated rings. The van der Waals surface area contributed by atoms with E-state index in [0.29, 0.717) is 16.2 Å². The molecule has 2 aromatic carbocycles. The van der Waals surface area contributed by atoms with Gasteiger partial charge in [0, 0.05) is 17.5 Å². The predicted molar refractivity (Wildman–Crippen MR) is 105 cm³/mol. The third-order valence-electron chi connectivity index (χ3n) is 4.06. The third kappa shape index (κ3) is 4.99. The summed E-state index contributed by atoms with van der Waals surface area (Å²) in [6.07, 6.45) is 1.48. The number of carbonyl (C=O) groups excluding carboxylic acids is 1. The molecule has 3 aromatic rings. The van der Waals surface area contributed by atoms with Crippen LogP contribution in [0, 0.1) is 34.3 Å². The second kappa shape index (κ2) is 9.64. The minimum Gasteiger partial charge on any atom is -0.457 e. The normalized spacial score (nSPS) is 10.1. The van der Waals surface area contributed by atoms with E-state index in [4.69, 9.17) is 15.3 Å². The van der Waals surface area contributed by atoms with Crippen molar-refractivity contribution < 1.29 is 18.3 Å². The van der Waals surface area contributed by atoms with Gasteiger partial charge in [0.1, 0.15) is 23.3 Å². The van der Waals surface area contributed by atoms with Gasteiger partial charge in [-0.15, -0.1) is 11.8 Å². The van der Waals surface area contributed by atoms with Gasteiger partial charge in [0.15, 0.2) is 0 Å². The smallest absolute Gasteiger partial charge is 0.341 e. The third-order valence-corrected chi connectivity index (χ3v) is 5.12. The van der Waals surface area contributed by atoms with Gasteiger partial charge in [-0.1, -0.05) is 0 Å². The molecule has 0 atom stereocenters. The fraction of sp³-hybridized carbons (Fsp3) is 0.0909. The lowest BCUT2D eigenvalue weighted by atomic mass is 10.1. The van der Waals surface area contributed by atoms with Crippen LogP contribution in [0.3, 0.4) is 0 Å². The average molecular weight is 421 g/mol. The van der Waals surface area contributed by atoms with Crippen LogP contribution in [0.1, 0.15) is 32.6 Å². The number of carbonyl (C=O) groups is 1. The number of halogens is 2. The van der Waals surface area contributed by atoms with Crippen molar-refractivity contribution in [3.63, 3.8) is 0 Å². The highest BCUT2D eigenvalue weighted by Gasteiger charge is 2.16. The highest BCUT2D eigenvalue weighted by molar-refractivity contribution is 7.98. The van der Waals surface area contributed by atoms with E-state index in [0.717, 1.165) is 17.8 Å². The molecular formula is C22H13F2N3O2S. The number of ether oxygens (including phenoxy) is 1. The van der Waals surface area contributed by atoms with E-state index < -0.39 is 17.6 Å². The first-order valence-corrected chi connectivity index (χ1v) is 9.62. The SMILES string of the molecule is N#Cc1ccc(F)c(COC(=O)c2cccnc2SCc2cc(C#N)ccc2F)c1. The molecule has 0 radical (unpaired) electrons. The number of esters is 1. The van der Waals surface area contributed by atoms with Crippen molar-refractivity contribution in [1.29, 1.82) is 10.5 Å². The molecule has 8 heteroatoms. The Bertz CT molecular complexity index is 1190. The number of hydrogen-bond donors (Lipinski definition) is 0. The second-order valence-corrected chi connectivity index (χ2v) is 7.02. The van der Waals surface area contributed by atoms with Crippen molar-refractivity contribution in [2.75, 3.05) is 0 Å². The number of benzene rings is 2. The number of nitrogens with zero attached hydrogens (tertiary/aromatic N) is 3. The highest BCUT2D eigenvalue weighted by Crippen LogP contribution is 2.26. The lowest BCUT2D eigenvalue weighted by Gasteiger charge is -2.10. The van der Waals surface area contributed by atoms with Gasteiger partial charge in [-0.25, -0.2) is 18.6 Å². The van der Waals surface area contributed by atoms with E-state index in [9.17, 15) is 13.6 Å². The molecule has 0 saturated heterocycles. The maximum absolute atomic E-state index is 14.0. The molecule has 0 aliphatic rings. The Balaban J connectivity index is 1.73. The molecule has 30 heavy (non-hydrogen) atoms. The molecule has 5 nitrogen and oxygen atoms in total. The number of thioether (sulfide) groups is 1. The van der Waals surface area contributed by atoms with E-state index in [1.54, 1.807) is 6.07 Å². The Morgan fingerprint density at radius 3 is 2.30 bits per heavy atom. The lowest BCUT2D eigenvalue weighted by molar-refractivity contribution is 0.0464. The van der Waals surface area contributed by atoms with Gasteiger partial charge in [0.05, 0.1) is 28.8 Å². The molecule has 0 aliphatic heterocycles. The monoisotopic (exact) mass is 421 g/mol. The summed E-state index contributed by atoms with van der Waals surface area (Å²) >= 11 is 1.11. The van der Waals surface area contributed by atoms with Crippen molar-refractivity contribution >= 4 is 17.7 Å². The van der Waals surface area contributed by atoms with E-state index >= 15 is 0 Å². The van der Waals surface area contributed by atoms with E-state index in [1.165, 1.54) is 42.6 Å². The van der Waals surface area contributed by atoms with Crippen LogP contribution in [0.25, 0.3) is 0 Å². The molecule has 0 unspecified atom stereocenters. The number of hydrogen-bond acceptors (Lipinski definition) is 6. The molecule has 0 saturated carbocycles. The van der Waals surface area contributed by atoms with Crippen LogP contribution < -0.4 is 0 Å². The first-order valence-electron chi connectivity index (χ1n) is 8.64. The second-order valence-electron chi connectivity index (χ2n) is 6.06. The Kier molecular flexibility index (Phi) is 6.74. The topological polar surface area (TPSA) is 86.8 Å². The summed E-state index contributed by atoms with van der Waals surface area (Å²) in [6, 6.07) is 14.7. The molecule has 1 heterocycles. The summed E-state index contributed by atoms with van der Waals surface area (Å²) in [7, 11) is 0. The average Bonchev–Trinajstić information content (AvgIpc) is 2.78. The minimum absolute atomic E-state index is 0.0795. The summed E-state index contributed by atoms with van der Waals surface area (Å²) in [4.78, 5) is 16.6. The van der Waals surface area contributed by atoms with Gasteiger partial charge in [0.25, 0.3) is 0 Å². The molecule has 0 amide bonds. The van der Waals surface area contributed by atoms with Crippen molar-refractivity contribution in [3.05, 3.63) is 94.2 Å². The van der Waals surface area contributed by atoms with Gasteiger partial charge in [-0.2, -0.15) is 10.5 Å². The quantitative estimate of drug-likeness (QED) is 0.422. The highest BCUT2D eigenvalue weighted by atomic mass is 32.2. The Morgan fingerprint density at radius 2 is 1.63 bits per heavy atom. The van der Waals surface area contributed by atoms with Crippen LogP contribution in [0.2, 0.25) is 0 Å². The zero-order valence-corrected chi connectivity index (χ0v) is 16.2. The molecule has 148 valence electrons. The standard InChI is InChI=1S/C22H13F2N3O2S/c23-19-5-3-14(10-25)8-16(19)12-29-22(28)18-2-1-7-27-21(18)30-13-17-9-15(11-26)4-6-20(17)24/h1-9H,12-13H2. The fourth-order valence-electron chi connectivity index (χ4n) is 2.54. The largest absolute Gasteiger partial charge is 0.457 e. The van der Waals surface area contributed by atoms with Crippen molar-refractivity contribution in [2.24, 2.45) is 0 Å². The molecule has 0 spiro atoms. The number of pyridine rings is 1. The zero-order valence-electron chi connectivity index (χ0n) is 15.4. The van der Waals surface area contributed by atoms with Gasteiger partial charge in [-0.05, 0) is 54.1 Å². The summed E-state index contributed by atoms with van der Waals surface area (Å²) in [5.41, 5.74) is 1.11. The fourth-order valence-corrected chi connectivity index (χ4v) is 3.49. The Hall–Kier alpha value is -3.75. The lowest BCUT2D eigenvalue weighted by Crippen LogP contribution is -2.08. The van der Waals surface area contributed by atoms with E-state index in [2.05, 4.69) is 4.98 Å². The van der Waals surface area contributed by atoms with Crippen molar-refractivity contribution in [1.82, 2.24) is 4.98 Å². The molecule has 3 rings (SSSR count). The maximum Gasteiger partial charge on any atom is 0.341 e. The molecule has 0 N–H and O–H groups in total.